The Balaban J connectivity index is 1.80. The third-order valence-corrected chi connectivity index (χ3v) is 5.56. The first-order valence-corrected chi connectivity index (χ1v) is 11.5. The molecule has 0 spiro atoms. The number of sulfonamides is 1. The highest BCUT2D eigenvalue weighted by Gasteiger charge is 2.35. The summed E-state index contributed by atoms with van der Waals surface area (Å²) in [6.07, 6.45) is 1.40. The molecule has 1 atom stereocenters. The average molecular weight is 436 g/mol. The van der Waals surface area contributed by atoms with E-state index in [4.69, 9.17) is 0 Å². The normalized spacial score (nSPS) is 16.1. The number of benzene rings is 3. The van der Waals surface area contributed by atoms with E-state index in [1.165, 1.54) is 5.01 Å². The highest BCUT2D eigenvalue weighted by atomic mass is 32.2. The van der Waals surface area contributed by atoms with Crippen LogP contribution in [0.1, 0.15) is 33.9 Å². The smallest absolute Gasteiger partial charge is 0.274 e. The second-order valence-corrected chi connectivity index (χ2v) is 9.01. The number of amides is 1. The maximum absolute atomic E-state index is 13.3. The summed E-state index contributed by atoms with van der Waals surface area (Å²) in [5.41, 5.74) is 2.54. The number of nitrogens with one attached hydrogen (secondary N) is 1. The molecular weight excluding hydrogens is 414 g/mol. The Labute approximate surface area is 180 Å². The summed E-state index contributed by atoms with van der Waals surface area (Å²) in [4.78, 5) is 13.3. The van der Waals surface area contributed by atoms with Crippen LogP contribution in [0.2, 0.25) is 0 Å². The number of aromatic hydroxyl groups is 1. The second kappa shape index (κ2) is 8.23. The van der Waals surface area contributed by atoms with Crippen molar-refractivity contribution in [1.82, 2.24) is 5.01 Å². The van der Waals surface area contributed by atoms with Gasteiger partial charge in [-0.2, -0.15) is 5.10 Å². The molecule has 0 saturated carbocycles. The molecule has 8 heteroatoms. The zero-order valence-electron chi connectivity index (χ0n) is 16.8. The number of phenolic OH excluding ortho intramolecular Hbond substituents is 1. The van der Waals surface area contributed by atoms with Gasteiger partial charge >= 0.3 is 0 Å². The van der Waals surface area contributed by atoms with Gasteiger partial charge in [0.05, 0.1) is 23.7 Å². The molecule has 2 N–H and O–H groups in total. The van der Waals surface area contributed by atoms with E-state index in [0.29, 0.717) is 34.5 Å². The van der Waals surface area contributed by atoms with Gasteiger partial charge in [-0.25, -0.2) is 13.4 Å². The summed E-state index contributed by atoms with van der Waals surface area (Å²) in [6.45, 7) is 0. The Morgan fingerprint density at radius 1 is 1.00 bits per heavy atom. The highest BCUT2D eigenvalue weighted by molar-refractivity contribution is 7.92. The first-order chi connectivity index (χ1) is 14.8. The minimum absolute atomic E-state index is 0.0663. The first-order valence-electron chi connectivity index (χ1n) is 9.64. The van der Waals surface area contributed by atoms with Crippen molar-refractivity contribution in [3.63, 3.8) is 0 Å². The largest absolute Gasteiger partial charge is 0.507 e. The van der Waals surface area contributed by atoms with E-state index >= 15 is 0 Å². The van der Waals surface area contributed by atoms with Crippen LogP contribution in [0.25, 0.3) is 0 Å². The van der Waals surface area contributed by atoms with E-state index in [2.05, 4.69) is 9.82 Å². The summed E-state index contributed by atoms with van der Waals surface area (Å²) in [6, 6.07) is 21.9. The number of phenols is 1. The molecule has 3 aromatic carbocycles. The number of carbonyl (C=O) groups excluding carboxylic acids is 1. The summed E-state index contributed by atoms with van der Waals surface area (Å²) >= 11 is 0. The van der Waals surface area contributed by atoms with Crippen molar-refractivity contribution in [1.29, 1.82) is 0 Å². The van der Waals surface area contributed by atoms with Gasteiger partial charge in [0.15, 0.2) is 0 Å². The number of rotatable bonds is 5. The van der Waals surface area contributed by atoms with Crippen LogP contribution in [0.4, 0.5) is 5.69 Å². The third-order valence-electron chi connectivity index (χ3n) is 4.97. The van der Waals surface area contributed by atoms with E-state index in [9.17, 15) is 18.3 Å². The van der Waals surface area contributed by atoms with Crippen LogP contribution in [0.5, 0.6) is 5.75 Å². The second-order valence-electron chi connectivity index (χ2n) is 7.26. The number of hydrogen-bond donors (Lipinski definition) is 2. The van der Waals surface area contributed by atoms with Gasteiger partial charge in [-0.05, 0) is 30.3 Å². The number of hydrazone groups is 1. The molecule has 1 amide bonds. The molecule has 0 bridgehead atoms. The molecule has 158 valence electrons. The summed E-state index contributed by atoms with van der Waals surface area (Å²) < 4.78 is 26.3. The maximum Gasteiger partial charge on any atom is 0.274 e. The van der Waals surface area contributed by atoms with E-state index in [1.807, 2.05) is 6.07 Å². The van der Waals surface area contributed by atoms with Crippen LogP contribution in [0.15, 0.2) is 84.0 Å². The molecule has 7 nitrogen and oxygen atoms in total. The topological polar surface area (TPSA) is 99.1 Å². The van der Waals surface area contributed by atoms with E-state index in [1.54, 1.807) is 72.8 Å². The molecule has 0 aromatic heterocycles. The van der Waals surface area contributed by atoms with Crippen molar-refractivity contribution in [3.05, 3.63) is 95.6 Å². The van der Waals surface area contributed by atoms with Crippen molar-refractivity contribution in [2.45, 2.75) is 12.5 Å². The molecule has 0 saturated heterocycles. The molecule has 0 fully saturated rings. The molecule has 0 aliphatic carbocycles. The van der Waals surface area contributed by atoms with E-state index in [-0.39, 0.29) is 11.7 Å². The maximum atomic E-state index is 13.3. The van der Waals surface area contributed by atoms with Crippen LogP contribution in [0.3, 0.4) is 0 Å². The van der Waals surface area contributed by atoms with Gasteiger partial charge in [0.1, 0.15) is 5.75 Å². The fourth-order valence-corrected chi connectivity index (χ4v) is 4.20. The lowest BCUT2D eigenvalue weighted by atomic mass is 9.96. The van der Waals surface area contributed by atoms with Gasteiger partial charge in [0.25, 0.3) is 5.91 Å². The van der Waals surface area contributed by atoms with Crippen molar-refractivity contribution >= 4 is 27.3 Å². The number of nitrogens with zero attached hydrogens (tertiary/aromatic N) is 2. The quantitative estimate of drug-likeness (QED) is 0.637. The fraction of sp³-hybridized carbons (Fsp3) is 0.130. The molecule has 4 rings (SSSR count). The minimum atomic E-state index is -3.52. The van der Waals surface area contributed by atoms with Gasteiger partial charge in [-0.3, -0.25) is 9.52 Å². The minimum Gasteiger partial charge on any atom is -0.507 e. The predicted octanol–water partition coefficient (Wildman–Crippen LogP) is 3.76. The first kappa shape index (κ1) is 20.6. The Morgan fingerprint density at radius 2 is 1.65 bits per heavy atom. The molecule has 1 aliphatic heterocycles. The number of anilines is 1. The van der Waals surface area contributed by atoms with Crippen LogP contribution < -0.4 is 4.72 Å². The van der Waals surface area contributed by atoms with Crippen molar-refractivity contribution in [2.24, 2.45) is 5.10 Å². The van der Waals surface area contributed by atoms with Gasteiger partial charge in [0.2, 0.25) is 10.0 Å². The van der Waals surface area contributed by atoms with E-state index in [0.717, 1.165) is 6.26 Å². The predicted molar refractivity (Wildman–Crippen MR) is 120 cm³/mol. The van der Waals surface area contributed by atoms with E-state index < -0.39 is 16.1 Å². The SMILES string of the molecule is CS(=O)(=O)Nc1ccccc1C1CC(c2ccccc2O)=NN1C(=O)c1ccccc1. The van der Waals surface area contributed by atoms with Crippen LogP contribution in [0, 0.1) is 0 Å². The monoisotopic (exact) mass is 435 g/mol. The Morgan fingerprint density at radius 3 is 2.35 bits per heavy atom. The lowest BCUT2D eigenvalue weighted by Crippen LogP contribution is -2.28. The van der Waals surface area contributed by atoms with Crippen molar-refractivity contribution in [3.8, 4) is 5.75 Å². The number of hydrogen-bond acceptors (Lipinski definition) is 5. The summed E-state index contributed by atoms with van der Waals surface area (Å²) in [7, 11) is -3.52. The molecule has 1 unspecified atom stereocenters. The highest BCUT2D eigenvalue weighted by Crippen LogP contribution is 2.38. The molecule has 3 aromatic rings. The van der Waals surface area contributed by atoms with Crippen LogP contribution >= 0.6 is 0 Å². The summed E-state index contributed by atoms with van der Waals surface area (Å²) in [5, 5.41) is 16.2. The van der Waals surface area contributed by atoms with Crippen LogP contribution in [-0.4, -0.2) is 36.4 Å². The Bertz CT molecular complexity index is 1260. The summed E-state index contributed by atoms with van der Waals surface area (Å²) in [5.74, 6) is -0.248. The van der Waals surface area contributed by atoms with Gasteiger partial charge < -0.3 is 5.11 Å². The molecule has 1 aliphatic rings. The van der Waals surface area contributed by atoms with Crippen LogP contribution in [-0.2, 0) is 10.0 Å². The Hall–Kier alpha value is -3.65. The molecular formula is C23H21N3O4S. The third kappa shape index (κ3) is 4.44. The Kier molecular flexibility index (Phi) is 5.48. The number of para-hydroxylation sites is 2. The average Bonchev–Trinajstić information content (AvgIpc) is 3.18. The van der Waals surface area contributed by atoms with Gasteiger partial charge in [-0.15, -0.1) is 0 Å². The molecule has 0 radical (unpaired) electrons. The van der Waals surface area contributed by atoms with Crippen molar-refractivity contribution in [2.75, 3.05) is 11.0 Å². The zero-order valence-corrected chi connectivity index (χ0v) is 17.6. The number of carbonyl (C=O) groups is 1. The lowest BCUT2D eigenvalue weighted by Gasteiger charge is -2.24. The van der Waals surface area contributed by atoms with Crippen molar-refractivity contribution < 1.29 is 18.3 Å². The standard InChI is InChI=1S/C23H21N3O4S/c1-31(29,30)25-19-13-7-5-11-17(19)21-15-20(18-12-6-8-14-22(18)27)24-26(21)23(28)16-9-3-2-4-10-16/h2-14,21,25,27H,15H2,1H3. The van der Waals surface area contributed by atoms with Gasteiger partial charge in [-0.1, -0.05) is 48.5 Å². The fourth-order valence-electron chi connectivity index (χ4n) is 3.61. The molecule has 1 heterocycles. The molecule has 31 heavy (non-hydrogen) atoms. The lowest BCUT2D eigenvalue weighted by molar-refractivity contribution is 0.0712. The van der Waals surface area contributed by atoms with Gasteiger partial charge in [0, 0.05) is 23.1 Å². The zero-order chi connectivity index (χ0) is 22.0.